The molecule has 7 heteroatoms. The molecule has 1 aromatic carbocycles. The summed E-state index contributed by atoms with van der Waals surface area (Å²) in [7, 11) is 0. The molecule has 0 radical (unpaired) electrons. The van der Waals surface area contributed by atoms with Crippen molar-refractivity contribution in [2.75, 3.05) is 46.0 Å². The van der Waals surface area contributed by atoms with E-state index in [1.807, 2.05) is 0 Å². The quantitative estimate of drug-likeness (QED) is 0.677. The maximum atomic E-state index is 12.4. The Labute approximate surface area is 182 Å². The number of amides is 1. The van der Waals surface area contributed by atoms with Gasteiger partial charge in [-0.1, -0.05) is 30.3 Å². The first-order valence-corrected chi connectivity index (χ1v) is 11.0. The number of hydrogen-bond acceptors (Lipinski definition) is 6. The van der Waals surface area contributed by atoms with Gasteiger partial charge in [0.2, 0.25) is 11.2 Å². The van der Waals surface area contributed by atoms with Crippen LogP contribution in [0.2, 0.25) is 0 Å². The van der Waals surface area contributed by atoms with E-state index >= 15 is 0 Å². The summed E-state index contributed by atoms with van der Waals surface area (Å²) in [5.74, 6) is 1.25. The van der Waals surface area contributed by atoms with Crippen molar-refractivity contribution < 1.29 is 18.7 Å². The lowest BCUT2D eigenvalue weighted by atomic mass is 9.90. The van der Waals surface area contributed by atoms with Gasteiger partial charge in [0.1, 0.15) is 12.0 Å². The second-order valence-corrected chi connectivity index (χ2v) is 8.27. The summed E-state index contributed by atoms with van der Waals surface area (Å²) in [5.41, 5.74) is 1.14. The van der Waals surface area contributed by atoms with E-state index in [2.05, 4.69) is 35.2 Å². The van der Waals surface area contributed by atoms with Crippen molar-refractivity contribution in [2.24, 2.45) is 5.92 Å². The second kappa shape index (κ2) is 10.6. The zero-order valence-corrected chi connectivity index (χ0v) is 17.8. The summed E-state index contributed by atoms with van der Waals surface area (Å²) in [6.07, 6.45) is 4.74. The summed E-state index contributed by atoms with van der Waals surface area (Å²) in [4.78, 5) is 28.5. The molecule has 7 nitrogen and oxygen atoms in total. The number of ether oxygens (including phenoxy) is 2. The van der Waals surface area contributed by atoms with Crippen LogP contribution in [0.1, 0.15) is 24.2 Å². The molecule has 2 saturated heterocycles. The van der Waals surface area contributed by atoms with Crippen LogP contribution < -0.4 is 10.2 Å². The van der Waals surface area contributed by atoms with Crippen molar-refractivity contribution in [3.8, 4) is 5.75 Å². The molecule has 0 aliphatic carbocycles. The normalized spacial score (nSPS) is 18.1. The first-order chi connectivity index (χ1) is 15.2. The van der Waals surface area contributed by atoms with E-state index < -0.39 is 0 Å². The fourth-order valence-electron chi connectivity index (χ4n) is 4.19. The van der Waals surface area contributed by atoms with Gasteiger partial charge in [-0.05, 0) is 43.8 Å². The minimum Gasteiger partial charge on any atom is -0.477 e. The van der Waals surface area contributed by atoms with E-state index in [1.54, 1.807) is 4.90 Å². The molecule has 0 spiro atoms. The molecule has 0 atom stereocenters. The minimum absolute atomic E-state index is 0.0759. The van der Waals surface area contributed by atoms with Gasteiger partial charge in [0, 0.05) is 19.2 Å². The average molecular weight is 427 g/mol. The highest BCUT2D eigenvalue weighted by Gasteiger charge is 2.21. The highest BCUT2D eigenvalue weighted by molar-refractivity contribution is 5.77. The number of morpholine rings is 1. The van der Waals surface area contributed by atoms with Crippen LogP contribution in [-0.4, -0.2) is 61.7 Å². The molecular weight excluding hydrogens is 396 g/mol. The number of hydrogen-bond donors (Lipinski definition) is 0. The van der Waals surface area contributed by atoms with Gasteiger partial charge >= 0.3 is 0 Å². The van der Waals surface area contributed by atoms with Crippen molar-refractivity contribution in [2.45, 2.75) is 25.8 Å². The van der Waals surface area contributed by atoms with E-state index in [4.69, 9.17) is 13.9 Å². The number of carbonyl (C=O) groups is 1. The minimum atomic E-state index is -0.255. The Morgan fingerprint density at radius 3 is 2.52 bits per heavy atom. The number of nitrogens with zero attached hydrogens (tertiary/aromatic N) is 2. The van der Waals surface area contributed by atoms with Crippen LogP contribution in [0.25, 0.3) is 0 Å². The number of likely N-dealkylation sites (tertiary alicyclic amines) is 1. The van der Waals surface area contributed by atoms with Gasteiger partial charge in [0.15, 0.2) is 6.61 Å². The Morgan fingerprint density at radius 2 is 1.81 bits per heavy atom. The average Bonchev–Trinajstić information content (AvgIpc) is 2.81. The third-order valence-corrected chi connectivity index (χ3v) is 6.02. The molecule has 3 heterocycles. The third-order valence-electron chi connectivity index (χ3n) is 6.02. The molecule has 1 amide bonds. The lowest BCUT2D eigenvalue weighted by Gasteiger charge is -2.31. The molecular formula is C24H30N2O5. The molecule has 2 aromatic rings. The maximum absolute atomic E-state index is 12.4. The lowest BCUT2D eigenvalue weighted by molar-refractivity contribution is -0.137. The summed E-state index contributed by atoms with van der Waals surface area (Å²) >= 11 is 0. The van der Waals surface area contributed by atoms with Gasteiger partial charge in [-0.25, -0.2) is 0 Å². The molecule has 2 aliphatic rings. The Hall–Kier alpha value is -2.64. The van der Waals surface area contributed by atoms with Crippen LogP contribution in [0.3, 0.4) is 0 Å². The van der Waals surface area contributed by atoms with E-state index in [9.17, 15) is 9.59 Å². The van der Waals surface area contributed by atoms with Crippen LogP contribution in [-0.2, 0) is 22.5 Å². The largest absolute Gasteiger partial charge is 0.477 e. The Morgan fingerprint density at radius 1 is 1.06 bits per heavy atom. The van der Waals surface area contributed by atoms with Gasteiger partial charge in [0.25, 0.3) is 5.91 Å². The molecule has 31 heavy (non-hydrogen) atoms. The van der Waals surface area contributed by atoms with Gasteiger partial charge in [-0.15, -0.1) is 0 Å². The highest BCUT2D eigenvalue weighted by Crippen LogP contribution is 2.23. The molecule has 0 bridgehead atoms. The van der Waals surface area contributed by atoms with Crippen LogP contribution in [0.5, 0.6) is 5.75 Å². The first kappa shape index (κ1) is 21.6. The van der Waals surface area contributed by atoms with Crippen LogP contribution >= 0.6 is 0 Å². The first-order valence-electron chi connectivity index (χ1n) is 11.0. The van der Waals surface area contributed by atoms with Crippen molar-refractivity contribution in [1.82, 2.24) is 9.80 Å². The molecule has 1 aromatic heterocycles. The molecule has 0 unspecified atom stereocenters. The predicted molar refractivity (Wildman–Crippen MR) is 116 cm³/mol. The Bertz CT molecular complexity index is 900. The summed E-state index contributed by atoms with van der Waals surface area (Å²) in [5, 5.41) is 0. The van der Waals surface area contributed by atoms with Gasteiger partial charge in [0.05, 0.1) is 19.8 Å². The smallest absolute Gasteiger partial charge is 0.260 e. The summed E-state index contributed by atoms with van der Waals surface area (Å²) in [6.45, 7) is 4.61. The highest BCUT2D eigenvalue weighted by atomic mass is 16.5. The molecule has 0 saturated carbocycles. The lowest BCUT2D eigenvalue weighted by Crippen LogP contribution is -2.43. The molecule has 4 rings (SSSR count). The van der Waals surface area contributed by atoms with E-state index in [0.717, 1.165) is 32.4 Å². The zero-order valence-electron chi connectivity index (χ0n) is 17.8. The van der Waals surface area contributed by atoms with Gasteiger partial charge in [-0.2, -0.15) is 0 Å². The summed E-state index contributed by atoms with van der Waals surface area (Å²) in [6, 6.07) is 12.1. The summed E-state index contributed by atoms with van der Waals surface area (Å²) < 4.78 is 16.3. The van der Waals surface area contributed by atoms with E-state index in [-0.39, 0.29) is 23.7 Å². The molecule has 166 valence electrons. The van der Waals surface area contributed by atoms with Gasteiger partial charge in [-0.3, -0.25) is 14.5 Å². The Kier molecular flexibility index (Phi) is 7.38. The number of benzene rings is 1. The van der Waals surface area contributed by atoms with Crippen molar-refractivity contribution in [3.05, 3.63) is 64.2 Å². The maximum Gasteiger partial charge on any atom is 0.260 e. The van der Waals surface area contributed by atoms with Gasteiger partial charge < -0.3 is 18.8 Å². The predicted octanol–water partition coefficient (Wildman–Crippen LogP) is 2.33. The van der Waals surface area contributed by atoms with Crippen molar-refractivity contribution in [1.29, 1.82) is 0 Å². The molecule has 0 N–H and O–H groups in total. The van der Waals surface area contributed by atoms with E-state index in [0.29, 0.717) is 44.5 Å². The second-order valence-electron chi connectivity index (χ2n) is 8.27. The molecule has 2 fully saturated rings. The SMILES string of the molecule is O=C(COc1coc(CN2CCC(Cc3ccccc3)CC2)cc1=O)N1CCOCC1. The standard InChI is InChI=1S/C24H30N2O5/c27-22-15-21(30-17-23(22)31-18-24(28)26-10-12-29-13-11-26)16-25-8-6-20(7-9-25)14-19-4-2-1-3-5-19/h1-5,15,17,20H,6-14,16,18H2. The Balaban J connectivity index is 1.23. The number of rotatable bonds is 7. The van der Waals surface area contributed by atoms with Crippen molar-refractivity contribution in [3.63, 3.8) is 0 Å². The topological polar surface area (TPSA) is 72.2 Å². The third kappa shape index (κ3) is 6.18. The fraction of sp³-hybridized carbons (Fsp3) is 0.500. The van der Waals surface area contributed by atoms with Crippen molar-refractivity contribution >= 4 is 5.91 Å². The number of carbonyl (C=O) groups excluding carboxylic acids is 1. The van der Waals surface area contributed by atoms with Crippen LogP contribution in [0.15, 0.2) is 51.9 Å². The monoisotopic (exact) mass is 426 g/mol. The fourth-order valence-corrected chi connectivity index (χ4v) is 4.19. The number of piperidine rings is 1. The van der Waals surface area contributed by atoms with Crippen LogP contribution in [0.4, 0.5) is 0 Å². The van der Waals surface area contributed by atoms with Crippen LogP contribution in [0, 0.1) is 5.92 Å². The molecule has 2 aliphatic heterocycles. The zero-order chi connectivity index (χ0) is 21.5. The van der Waals surface area contributed by atoms with E-state index in [1.165, 1.54) is 17.9 Å².